The van der Waals surface area contributed by atoms with Gasteiger partial charge in [-0.15, -0.1) is 3.89 Å². The summed E-state index contributed by atoms with van der Waals surface area (Å²) >= 11 is -0.402. The third-order valence-electron chi connectivity index (χ3n) is 4.48. The van der Waals surface area contributed by atoms with Crippen LogP contribution in [0.15, 0.2) is 12.1 Å². The lowest BCUT2D eigenvalue weighted by molar-refractivity contribution is -0.157. The van der Waals surface area contributed by atoms with Gasteiger partial charge in [-0.1, -0.05) is 0 Å². The van der Waals surface area contributed by atoms with Crippen molar-refractivity contribution in [3.63, 3.8) is 0 Å². The number of ether oxygens (including phenoxy) is 2. The number of nitrogens with zero attached hydrogens (tertiary/aromatic N) is 1. The van der Waals surface area contributed by atoms with Gasteiger partial charge in [-0.3, -0.25) is 19.7 Å². The molecule has 11 heteroatoms. The molecule has 9 nitrogen and oxygen atoms in total. The molecule has 1 aromatic rings. The Hall–Kier alpha value is -2.82. The molecule has 1 aromatic carbocycles. The summed E-state index contributed by atoms with van der Waals surface area (Å²) in [5.74, 6) is -1.88. The third-order valence-corrected chi connectivity index (χ3v) is 4.74. The number of esters is 1. The zero-order chi connectivity index (χ0) is 22.1. The first kappa shape index (κ1) is 21.9. The largest absolute Gasteiger partial charge is 0.481 e. The highest BCUT2D eigenvalue weighted by Crippen LogP contribution is 2.38. The van der Waals surface area contributed by atoms with E-state index in [4.69, 9.17) is 13.7 Å². The summed E-state index contributed by atoms with van der Waals surface area (Å²) in [5, 5.41) is 2.22. The van der Waals surface area contributed by atoms with Crippen LogP contribution < -0.4 is 14.2 Å². The van der Waals surface area contributed by atoms with Crippen LogP contribution in [0.5, 0.6) is 11.5 Å². The second kappa shape index (κ2) is 8.50. The molecule has 30 heavy (non-hydrogen) atoms. The van der Waals surface area contributed by atoms with Crippen LogP contribution in [0.4, 0.5) is 3.89 Å². The van der Waals surface area contributed by atoms with E-state index in [1.807, 2.05) is 0 Å². The van der Waals surface area contributed by atoms with E-state index >= 15 is 0 Å². The van der Waals surface area contributed by atoms with Crippen LogP contribution in [0.2, 0.25) is 0 Å². The average molecular weight is 440 g/mol. The molecule has 1 atom stereocenters. The topological polar surface area (TPSA) is 111 Å². The Labute approximate surface area is 176 Å². The summed E-state index contributed by atoms with van der Waals surface area (Å²) in [4.78, 5) is 49.8. The number of piperidine rings is 1. The van der Waals surface area contributed by atoms with Gasteiger partial charge >= 0.3 is 5.97 Å². The van der Waals surface area contributed by atoms with Crippen molar-refractivity contribution in [2.24, 2.45) is 0 Å². The van der Waals surface area contributed by atoms with Crippen LogP contribution in [0, 0.1) is 0 Å². The second-order valence-electron chi connectivity index (χ2n) is 7.87. The third kappa shape index (κ3) is 4.84. The van der Waals surface area contributed by atoms with E-state index in [2.05, 4.69) is 5.32 Å². The summed E-state index contributed by atoms with van der Waals surface area (Å²) in [6.07, 6.45) is 0.313. The predicted octanol–water partition coefficient (Wildman–Crippen LogP) is 2.08. The lowest BCUT2D eigenvalue weighted by Gasteiger charge is -2.29. The molecule has 2 heterocycles. The molecule has 1 fully saturated rings. The highest BCUT2D eigenvalue weighted by atomic mass is 32.2. The SMILES string of the molecule is CC(C)(C)OC(=O)COc1cc(OSF)cc2c1CN(C1CCC(=O)NC1=O)C2=O. The molecule has 1 N–H and O–H groups in total. The first-order chi connectivity index (χ1) is 14.1. The number of imide groups is 1. The van der Waals surface area contributed by atoms with Crippen molar-refractivity contribution in [1.82, 2.24) is 10.2 Å². The number of hydrogen-bond donors (Lipinski definition) is 1. The summed E-state index contributed by atoms with van der Waals surface area (Å²) in [6.45, 7) is 4.75. The van der Waals surface area contributed by atoms with Gasteiger partial charge in [0.2, 0.25) is 11.8 Å². The lowest BCUT2D eigenvalue weighted by atomic mass is 10.0. The van der Waals surface area contributed by atoms with Gasteiger partial charge in [0, 0.05) is 18.1 Å². The van der Waals surface area contributed by atoms with E-state index < -0.39 is 54.4 Å². The first-order valence-corrected chi connectivity index (χ1v) is 9.84. The molecular formula is C19H21FN2O7S. The Kier molecular flexibility index (Phi) is 6.20. The van der Waals surface area contributed by atoms with Gasteiger partial charge < -0.3 is 18.6 Å². The number of carbonyl (C=O) groups excluding carboxylic acids is 4. The zero-order valence-corrected chi connectivity index (χ0v) is 17.5. The zero-order valence-electron chi connectivity index (χ0n) is 16.7. The molecule has 1 unspecified atom stereocenters. The van der Waals surface area contributed by atoms with Crippen LogP contribution in [-0.4, -0.2) is 46.8 Å². The Bertz CT molecular complexity index is 900. The number of benzene rings is 1. The number of halogens is 1. The number of nitrogens with one attached hydrogen (secondary N) is 1. The molecule has 0 radical (unpaired) electrons. The van der Waals surface area contributed by atoms with Crippen LogP contribution in [0.25, 0.3) is 0 Å². The number of hydrogen-bond acceptors (Lipinski definition) is 8. The molecule has 0 aliphatic carbocycles. The molecule has 0 aromatic heterocycles. The van der Waals surface area contributed by atoms with Crippen molar-refractivity contribution in [3.8, 4) is 11.5 Å². The molecule has 3 rings (SSSR count). The van der Waals surface area contributed by atoms with Crippen molar-refractivity contribution in [2.75, 3.05) is 6.61 Å². The number of carbonyl (C=O) groups is 4. The molecule has 0 spiro atoms. The van der Waals surface area contributed by atoms with Crippen molar-refractivity contribution >= 4 is 36.1 Å². The fourth-order valence-corrected chi connectivity index (χ4v) is 3.49. The summed E-state index contributed by atoms with van der Waals surface area (Å²) in [6, 6.07) is 1.88. The highest BCUT2D eigenvalue weighted by molar-refractivity contribution is 7.89. The van der Waals surface area contributed by atoms with E-state index in [9.17, 15) is 23.1 Å². The molecule has 2 aliphatic rings. The van der Waals surface area contributed by atoms with Gasteiger partial charge in [0.25, 0.3) is 18.3 Å². The van der Waals surface area contributed by atoms with Crippen LogP contribution in [0.1, 0.15) is 49.5 Å². The minimum atomic E-state index is -0.818. The van der Waals surface area contributed by atoms with E-state index in [0.717, 1.165) is 0 Å². The summed E-state index contributed by atoms with van der Waals surface area (Å²) in [5.41, 5.74) is -0.0913. The van der Waals surface area contributed by atoms with Gasteiger partial charge in [0.1, 0.15) is 23.1 Å². The maximum absolute atomic E-state index is 12.9. The van der Waals surface area contributed by atoms with Gasteiger partial charge in [-0.25, -0.2) is 4.79 Å². The summed E-state index contributed by atoms with van der Waals surface area (Å²) in [7, 11) is 0. The smallest absolute Gasteiger partial charge is 0.344 e. The average Bonchev–Trinajstić information content (AvgIpc) is 2.96. The number of amides is 3. The van der Waals surface area contributed by atoms with E-state index in [1.165, 1.54) is 17.0 Å². The fourth-order valence-electron chi connectivity index (χ4n) is 3.32. The maximum Gasteiger partial charge on any atom is 0.344 e. The number of rotatable bonds is 6. The quantitative estimate of drug-likeness (QED) is 0.407. The molecule has 0 saturated carbocycles. The van der Waals surface area contributed by atoms with Gasteiger partial charge in [-0.2, -0.15) is 0 Å². The molecule has 162 valence electrons. The molecule has 1 saturated heterocycles. The Morgan fingerprint density at radius 2 is 2.03 bits per heavy atom. The van der Waals surface area contributed by atoms with Crippen LogP contribution >= 0.6 is 12.4 Å². The van der Waals surface area contributed by atoms with Gasteiger partial charge in [0.15, 0.2) is 6.61 Å². The van der Waals surface area contributed by atoms with Gasteiger partial charge in [-0.05, 0) is 33.3 Å². The Morgan fingerprint density at radius 3 is 2.67 bits per heavy atom. The first-order valence-electron chi connectivity index (χ1n) is 9.20. The number of fused-ring (bicyclic) bond motifs is 1. The lowest BCUT2D eigenvalue weighted by Crippen LogP contribution is -2.52. The van der Waals surface area contributed by atoms with Crippen LogP contribution in [-0.2, 0) is 25.7 Å². The fraction of sp³-hybridized carbons (Fsp3) is 0.474. The monoisotopic (exact) mass is 440 g/mol. The Balaban J connectivity index is 1.84. The van der Waals surface area contributed by atoms with Crippen molar-refractivity contribution in [2.45, 2.75) is 51.8 Å². The minimum absolute atomic E-state index is 0.0129. The van der Waals surface area contributed by atoms with Crippen molar-refractivity contribution in [3.05, 3.63) is 23.3 Å². The minimum Gasteiger partial charge on any atom is -0.481 e. The Morgan fingerprint density at radius 1 is 1.30 bits per heavy atom. The second-order valence-corrected chi connectivity index (χ2v) is 8.16. The highest BCUT2D eigenvalue weighted by Gasteiger charge is 2.40. The normalized spacial score (nSPS) is 18.7. The standard InChI is InChI=1S/C19H21FN2O7S/c1-19(2,3)28-16(24)9-27-14-7-10(29-30-20)6-11-12(14)8-22(18(11)26)13-4-5-15(23)21-17(13)25/h6-7,13H,4-5,8-9H2,1-3H3,(H,21,23,25). The van der Waals surface area contributed by atoms with Crippen molar-refractivity contribution < 1.29 is 36.7 Å². The molecule has 2 aliphatic heterocycles. The van der Waals surface area contributed by atoms with Gasteiger partial charge in [0.05, 0.1) is 12.1 Å². The molecule has 3 amide bonds. The van der Waals surface area contributed by atoms with E-state index in [-0.39, 0.29) is 36.4 Å². The molecular weight excluding hydrogens is 419 g/mol. The van der Waals surface area contributed by atoms with Crippen LogP contribution in [0.3, 0.4) is 0 Å². The van der Waals surface area contributed by atoms with E-state index in [0.29, 0.717) is 5.56 Å². The predicted molar refractivity (Wildman–Crippen MR) is 103 cm³/mol. The maximum atomic E-state index is 12.9. The van der Waals surface area contributed by atoms with E-state index in [1.54, 1.807) is 20.8 Å². The summed E-state index contributed by atoms with van der Waals surface area (Å²) < 4.78 is 28.1. The van der Waals surface area contributed by atoms with Crippen molar-refractivity contribution in [1.29, 1.82) is 0 Å². The molecule has 0 bridgehead atoms.